The Bertz CT molecular complexity index is 853. The van der Waals surface area contributed by atoms with E-state index >= 15 is 0 Å². The van der Waals surface area contributed by atoms with E-state index in [0.717, 1.165) is 23.9 Å². The van der Waals surface area contributed by atoms with Gasteiger partial charge in [0.2, 0.25) is 0 Å². The van der Waals surface area contributed by atoms with Gasteiger partial charge in [0, 0.05) is 20.8 Å². The lowest BCUT2D eigenvalue weighted by molar-refractivity contribution is 0.102. The maximum atomic E-state index is 12.2. The lowest BCUT2D eigenvalue weighted by Crippen LogP contribution is -2.01. The normalized spacial score (nSPS) is 10.8. The Morgan fingerprint density at radius 1 is 1.00 bits per heavy atom. The summed E-state index contributed by atoms with van der Waals surface area (Å²) in [5.74, 6) is 1.26. The highest BCUT2D eigenvalue weighted by molar-refractivity contribution is 9.10. The van der Waals surface area contributed by atoms with E-state index in [1.807, 2.05) is 48.5 Å². The van der Waals surface area contributed by atoms with Gasteiger partial charge in [-0.15, -0.1) is 10.2 Å². The minimum atomic E-state index is 0.0862. The molecule has 0 aliphatic carbocycles. The van der Waals surface area contributed by atoms with Crippen LogP contribution in [0.25, 0.3) is 0 Å². The van der Waals surface area contributed by atoms with Crippen LogP contribution in [0, 0.1) is 0 Å². The molecule has 0 aliphatic heterocycles. The van der Waals surface area contributed by atoms with Crippen molar-refractivity contribution >= 4 is 68.2 Å². The molecule has 1 heterocycles. The molecule has 0 radical (unpaired) electrons. The zero-order chi connectivity index (χ0) is 17.6. The zero-order valence-electron chi connectivity index (χ0n) is 12.8. The van der Waals surface area contributed by atoms with Crippen molar-refractivity contribution in [2.75, 3.05) is 5.75 Å². The van der Waals surface area contributed by atoms with E-state index in [9.17, 15) is 4.79 Å². The molecule has 8 heteroatoms. The summed E-state index contributed by atoms with van der Waals surface area (Å²) < 4.78 is 2.67. The van der Waals surface area contributed by atoms with Gasteiger partial charge in [-0.2, -0.15) is 0 Å². The SMILES string of the molecule is O=C(CSc1nnc(SCc2ccc(Cl)cc2)s1)c1ccc(Br)cc1. The second-order valence-corrected chi connectivity index (χ2v) is 9.74. The highest BCUT2D eigenvalue weighted by Crippen LogP contribution is 2.31. The van der Waals surface area contributed by atoms with Crippen LogP contribution >= 0.6 is 62.4 Å². The van der Waals surface area contributed by atoms with Gasteiger partial charge in [-0.3, -0.25) is 4.79 Å². The van der Waals surface area contributed by atoms with Crippen LogP contribution < -0.4 is 0 Å². The molecule has 0 saturated heterocycles. The molecule has 0 aliphatic rings. The Morgan fingerprint density at radius 2 is 1.64 bits per heavy atom. The van der Waals surface area contributed by atoms with Crippen molar-refractivity contribution in [2.45, 2.75) is 14.4 Å². The fraction of sp³-hybridized carbons (Fsp3) is 0.118. The Balaban J connectivity index is 1.50. The Labute approximate surface area is 171 Å². The van der Waals surface area contributed by atoms with Gasteiger partial charge in [-0.25, -0.2) is 0 Å². The van der Waals surface area contributed by atoms with Crippen LogP contribution in [0.3, 0.4) is 0 Å². The molecule has 3 nitrogen and oxygen atoms in total. The number of benzene rings is 2. The molecule has 25 heavy (non-hydrogen) atoms. The first-order chi connectivity index (χ1) is 12.1. The first kappa shape index (κ1) is 18.9. The van der Waals surface area contributed by atoms with Crippen LogP contribution in [-0.2, 0) is 5.75 Å². The second-order valence-electron chi connectivity index (χ2n) is 4.97. The van der Waals surface area contributed by atoms with Gasteiger partial charge in [-0.1, -0.05) is 86.7 Å². The van der Waals surface area contributed by atoms with Gasteiger partial charge >= 0.3 is 0 Å². The molecule has 1 aromatic heterocycles. The third kappa shape index (κ3) is 5.82. The van der Waals surface area contributed by atoms with Crippen LogP contribution in [0.15, 0.2) is 61.7 Å². The van der Waals surface area contributed by atoms with E-state index in [4.69, 9.17) is 11.6 Å². The second kappa shape index (κ2) is 9.19. The summed E-state index contributed by atoms with van der Waals surface area (Å²) in [5.41, 5.74) is 1.89. The summed E-state index contributed by atoms with van der Waals surface area (Å²) in [5, 5.41) is 9.07. The third-order valence-electron chi connectivity index (χ3n) is 3.16. The topological polar surface area (TPSA) is 42.9 Å². The summed E-state index contributed by atoms with van der Waals surface area (Å²) >= 11 is 13.8. The fourth-order valence-corrected chi connectivity index (χ4v) is 5.15. The third-order valence-corrected chi connectivity index (χ3v) is 7.20. The molecule has 0 unspecified atom stereocenters. The van der Waals surface area contributed by atoms with Crippen molar-refractivity contribution in [1.29, 1.82) is 0 Å². The number of nitrogens with zero attached hydrogens (tertiary/aromatic N) is 2. The number of ketones is 1. The Hall–Kier alpha value is -0.860. The molecule has 0 atom stereocenters. The molecule has 3 rings (SSSR count). The maximum absolute atomic E-state index is 12.2. The molecule has 0 fully saturated rings. The quantitative estimate of drug-likeness (QED) is 0.302. The molecular weight excluding hydrogens is 460 g/mol. The maximum Gasteiger partial charge on any atom is 0.175 e. The summed E-state index contributed by atoms with van der Waals surface area (Å²) in [4.78, 5) is 12.2. The van der Waals surface area contributed by atoms with Crippen molar-refractivity contribution in [3.05, 3.63) is 69.2 Å². The zero-order valence-corrected chi connectivity index (χ0v) is 17.6. The van der Waals surface area contributed by atoms with Gasteiger partial charge in [0.15, 0.2) is 14.5 Å². The molecule has 0 spiro atoms. The largest absolute Gasteiger partial charge is 0.293 e. The van der Waals surface area contributed by atoms with Gasteiger partial charge in [-0.05, 0) is 29.8 Å². The minimum absolute atomic E-state index is 0.0862. The first-order valence-corrected chi connectivity index (χ1v) is 11.2. The summed E-state index contributed by atoms with van der Waals surface area (Å²) in [6, 6.07) is 15.1. The number of hydrogen-bond acceptors (Lipinski definition) is 6. The molecular formula is C17H12BrClN2OS3. The van der Waals surface area contributed by atoms with Crippen LogP contribution in [0.5, 0.6) is 0 Å². The van der Waals surface area contributed by atoms with E-state index in [0.29, 0.717) is 11.3 Å². The number of thioether (sulfide) groups is 2. The number of Topliss-reactive ketones (excluding diaryl/α,β-unsaturated/α-hetero) is 1. The lowest BCUT2D eigenvalue weighted by Gasteiger charge is -1.99. The lowest BCUT2D eigenvalue weighted by atomic mass is 10.2. The standard InChI is InChI=1S/C17H12BrClN2OS3/c18-13-5-3-12(4-6-13)15(22)10-24-17-21-20-16(25-17)23-9-11-1-7-14(19)8-2-11/h1-8H,9-10H2. The first-order valence-electron chi connectivity index (χ1n) is 7.22. The van der Waals surface area contributed by atoms with Gasteiger partial charge in [0.05, 0.1) is 5.75 Å². The molecule has 0 bridgehead atoms. The van der Waals surface area contributed by atoms with Crippen molar-refractivity contribution in [2.24, 2.45) is 0 Å². The number of rotatable bonds is 7. The van der Waals surface area contributed by atoms with Crippen LogP contribution in [0.1, 0.15) is 15.9 Å². The average Bonchev–Trinajstić information content (AvgIpc) is 3.08. The Morgan fingerprint density at radius 3 is 2.32 bits per heavy atom. The number of halogens is 2. The predicted octanol–water partition coefficient (Wildman–Crippen LogP) is 6.22. The minimum Gasteiger partial charge on any atom is -0.293 e. The van der Waals surface area contributed by atoms with E-state index in [1.165, 1.54) is 28.7 Å². The van der Waals surface area contributed by atoms with Crippen molar-refractivity contribution in [1.82, 2.24) is 10.2 Å². The number of carbonyl (C=O) groups is 1. The summed E-state index contributed by atoms with van der Waals surface area (Å²) in [6.07, 6.45) is 0. The van der Waals surface area contributed by atoms with E-state index < -0.39 is 0 Å². The molecule has 2 aromatic carbocycles. The van der Waals surface area contributed by atoms with Gasteiger partial charge in [0.25, 0.3) is 0 Å². The Kier molecular flexibility index (Phi) is 6.95. The summed E-state index contributed by atoms with van der Waals surface area (Å²) in [6.45, 7) is 0. The number of hydrogen-bond donors (Lipinski definition) is 0. The van der Waals surface area contributed by atoms with E-state index in [-0.39, 0.29) is 5.78 Å². The van der Waals surface area contributed by atoms with Crippen LogP contribution in [0.4, 0.5) is 0 Å². The van der Waals surface area contributed by atoms with Gasteiger partial charge < -0.3 is 0 Å². The molecule has 0 saturated carbocycles. The molecule has 128 valence electrons. The highest BCUT2D eigenvalue weighted by Gasteiger charge is 2.10. The summed E-state index contributed by atoms with van der Waals surface area (Å²) in [7, 11) is 0. The van der Waals surface area contributed by atoms with E-state index in [1.54, 1.807) is 11.8 Å². The van der Waals surface area contributed by atoms with Crippen molar-refractivity contribution < 1.29 is 4.79 Å². The molecule has 0 amide bonds. The van der Waals surface area contributed by atoms with Crippen LogP contribution in [0.2, 0.25) is 5.02 Å². The van der Waals surface area contributed by atoms with Crippen molar-refractivity contribution in [3.63, 3.8) is 0 Å². The van der Waals surface area contributed by atoms with Crippen LogP contribution in [-0.4, -0.2) is 21.7 Å². The number of carbonyl (C=O) groups excluding carboxylic acids is 1. The highest BCUT2D eigenvalue weighted by atomic mass is 79.9. The van der Waals surface area contributed by atoms with Gasteiger partial charge in [0.1, 0.15) is 0 Å². The monoisotopic (exact) mass is 470 g/mol. The smallest absolute Gasteiger partial charge is 0.175 e. The van der Waals surface area contributed by atoms with E-state index in [2.05, 4.69) is 26.1 Å². The molecule has 0 N–H and O–H groups in total. The molecule has 3 aromatic rings. The average molecular weight is 472 g/mol. The number of aromatic nitrogens is 2. The fourth-order valence-electron chi connectivity index (χ4n) is 1.89. The van der Waals surface area contributed by atoms with Crippen molar-refractivity contribution in [3.8, 4) is 0 Å². The predicted molar refractivity (Wildman–Crippen MR) is 110 cm³/mol.